The van der Waals surface area contributed by atoms with Gasteiger partial charge in [-0.3, -0.25) is 0 Å². The van der Waals surface area contributed by atoms with Gasteiger partial charge in [0.1, 0.15) is 5.75 Å². The lowest BCUT2D eigenvalue weighted by Gasteiger charge is -2.30. The van der Waals surface area contributed by atoms with E-state index < -0.39 is 0 Å². The molecule has 2 rings (SSSR count). The van der Waals surface area contributed by atoms with Gasteiger partial charge in [0.05, 0.1) is 13.2 Å². The van der Waals surface area contributed by atoms with Crippen molar-refractivity contribution in [3.05, 3.63) is 28.2 Å². The van der Waals surface area contributed by atoms with Crippen molar-refractivity contribution in [3.8, 4) is 5.75 Å². The molecule has 0 heterocycles. The molecule has 18 heavy (non-hydrogen) atoms. The van der Waals surface area contributed by atoms with Crippen LogP contribution < -0.4 is 4.74 Å². The Bertz CT molecular complexity index is 411. The number of rotatable bonds is 4. The highest BCUT2D eigenvalue weighted by Gasteiger charge is 2.36. The summed E-state index contributed by atoms with van der Waals surface area (Å²) in [5.41, 5.74) is 1.15. The number of halogens is 1. The minimum Gasteiger partial charge on any atom is -0.496 e. The van der Waals surface area contributed by atoms with Crippen molar-refractivity contribution in [1.29, 1.82) is 0 Å². The second kappa shape index (κ2) is 5.62. The van der Waals surface area contributed by atoms with Crippen LogP contribution in [0.4, 0.5) is 0 Å². The Kier molecular flexibility index (Phi) is 4.33. The van der Waals surface area contributed by atoms with E-state index >= 15 is 0 Å². The predicted octanol–water partition coefficient (Wildman–Crippen LogP) is 3.94. The lowest BCUT2D eigenvalue weighted by Crippen LogP contribution is -2.31. The quantitative estimate of drug-likeness (QED) is 0.912. The fourth-order valence-electron chi connectivity index (χ4n) is 2.88. The summed E-state index contributed by atoms with van der Waals surface area (Å²) in [4.78, 5) is 0. The van der Waals surface area contributed by atoms with E-state index in [2.05, 4.69) is 22.9 Å². The summed E-state index contributed by atoms with van der Waals surface area (Å²) in [6.07, 6.45) is 5.11. The van der Waals surface area contributed by atoms with Crippen molar-refractivity contribution in [2.45, 2.75) is 45.1 Å². The van der Waals surface area contributed by atoms with Gasteiger partial charge in [0.2, 0.25) is 0 Å². The van der Waals surface area contributed by atoms with Crippen molar-refractivity contribution in [1.82, 2.24) is 0 Å². The second-order valence-corrected chi connectivity index (χ2v) is 6.45. The molecule has 1 aliphatic rings. The molecule has 1 aromatic rings. The summed E-state index contributed by atoms with van der Waals surface area (Å²) in [5.74, 6) is 0.860. The van der Waals surface area contributed by atoms with Gasteiger partial charge in [0.15, 0.2) is 0 Å². The zero-order chi connectivity index (χ0) is 13.2. The van der Waals surface area contributed by atoms with Gasteiger partial charge < -0.3 is 9.84 Å². The SMILES string of the molecule is COc1ccc(Br)cc1CC(O)C1(C)CCCC1. The topological polar surface area (TPSA) is 29.5 Å². The minimum atomic E-state index is -0.289. The largest absolute Gasteiger partial charge is 0.496 e. The van der Waals surface area contributed by atoms with Crippen molar-refractivity contribution in [2.75, 3.05) is 7.11 Å². The van der Waals surface area contributed by atoms with E-state index in [0.717, 1.165) is 28.6 Å². The van der Waals surface area contributed by atoms with E-state index in [1.807, 2.05) is 18.2 Å². The molecule has 1 fully saturated rings. The van der Waals surface area contributed by atoms with Gasteiger partial charge in [0, 0.05) is 10.9 Å². The maximum atomic E-state index is 10.5. The Morgan fingerprint density at radius 3 is 2.67 bits per heavy atom. The van der Waals surface area contributed by atoms with E-state index in [0.29, 0.717) is 6.42 Å². The van der Waals surface area contributed by atoms with E-state index in [1.165, 1.54) is 12.8 Å². The van der Waals surface area contributed by atoms with Crippen LogP contribution in [0.15, 0.2) is 22.7 Å². The summed E-state index contributed by atoms with van der Waals surface area (Å²) in [5, 5.41) is 10.5. The van der Waals surface area contributed by atoms with Gasteiger partial charge in [0.25, 0.3) is 0 Å². The molecule has 0 bridgehead atoms. The first-order valence-electron chi connectivity index (χ1n) is 6.56. The van der Waals surface area contributed by atoms with Gasteiger partial charge in [-0.1, -0.05) is 35.7 Å². The van der Waals surface area contributed by atoms with Crippen molar-refractivity contribution >= 4 is 15.9 Å². The first kappa shape index (κ1) is 13.9. The number of hydrogen-bond donors (Lipinski definition) is 1. The summed E-state index contributed by atoms with van der Waals surface area (Å²) in [6.45, 7) is 2.20. The molecule has 0 radical (unpaired) electrons. The number of aliphatic hydroxyl groups is 1. The zero-order valence-electron chi connectivity index (χ0n) is 11.1. The molecule has 0 aliphatic heterocycles. The average Bonchev–Trinajstić information content (AvgIpc) is 2.78. The van der Waals surface area contributed by atoms with Gasteiger partial charge in [-0.15, -0.1) is 0 Å². The fourth-order valence-corrected chi connectivity index (χ4v) is 3.29. The van der Waals surface area contributed by atoms with Crippen LogP contribution in [-0.4, -0.2) is 18.3 Å². The molecular formula is C15H21BrO2. The highest BCUT2D eigenvalue weighted by molar-refractivity contribution is 9.10. The molecule has 0 amide bonds. The lowest BCUT2D eigenvalue weighted by atomic mass is 9.80. The Morgan fingerprint density at radius 2 is 2.06 bits per heavy atom. The Morgan fingerprint density at radius 1 is 1.39 bits per heavy atom. The van der Waals surface area contributed by atoms with Crippen LogP contribution in [-0.2, 0) is 6.42 Å². The van der Waals surface area contributed by atoms with Gasteiger partial charge >= 0.3 is 0 Å². The molecule has 1 saturated carbocycles. The van der Waals surface area contributed by atoms with Crippen LogP contribution in [0.5, 0.6) is 5.75 Å². The molecule has 3 heteroatoms. The van der Waals surface area contributed by atoms with Crippen LogP contribution in [0, 0.1) is 5.41 Å². The molecule has 1 aromatic carbocycles. The number of aliphatic hydroxyl groups excluding tert-OH is 1. The molecule has 100 valence electrons. The summed E-state index contributed by atoms with van der Waals surface area (Å²) < 4.78 is 6.39. The summed E-state index contributed by atoms with van der Waals surface area (Å²) in [7, 11) is 1.68. The molecule has 1 unspecified atom stereocenters. The van der Waals surface area contributed by atoms with Crippen molar-refractivity contribution < 1.29 is 9.84 Å². The Balaban J connectivity index is 2.15. The maximum absolute atomic E-state index is 10.5. The van der Waals surface area contributed by atoms with Crippen LogP contribution in [0.2, 0.25) is 0 Å². The third-order valence-electron chi connectivity index (χ3n) is 4.21. The van der Waals surface area contributed by atoms with E-state index in [1.54, 1.807) is 7.11 Å². The molecular weight excluding hydrogens is 292 g/mol. The molecule has 0 spiro atoms. The average molecular weight is 313 g/mol. The minimum absolute atomic E-state index is 0.0767. The smallest absolute Gasteiger partial charge is 0.122 e. The molecule has 0 saturated heterocycles. The van der Waals surface area contributed by atoms with Crippen molar-refractivity contribution in [3.63, 3.8) is 0 Å². The summed E-state index contributed by atoms with van der Waals surface area (Å²) in [6, 6.07) is 5.95. The number of ether oxygens (including phenoxy) is 1. The maximum Gasteiger partial charge on any atom is 0.122 e. The molecule has 2 nitrogen and oxygen atoms in total. The van der Waals surface area contributed by atoms with Crippen LogP contribution >= 0.6 is 15.9 Å². The Hall–Kier alpha value is -0.540. The molecule has 1 aliphatic carbocycles. The van der Waals surface area contributed by atoms with Gasteiger partial charge in [-0.2, -0.15) is 0 Å². The van der Waals surface area contributed by atoms with Gasteiger partial charge in [-0.25, -0.2) is 0 Å². The molecule has 1 N–H and O–H groups in total. The third-order valence-corrected chi connectivity index (χ3v) is 4.70. The summed E-state index contributed by atoms with van der Waals surface area (Å²) >= 11 is 3.48. The van der Waals surface area contributed by atoms with E-state index in [4.69, 9.17) is 4.74 Å². The number of benzene rings is 1. The highest BCUT2D eigenvalue weighted by atomic mass is 79.9. The highest BCUT2D eigenvalue weighted by Crippen LogP contribution is 2.42. The third kappa shape index (κ3) is 2.89. The van der Waals surface area contributed by atoms with E-state index in [9.17, 15) is 5.11 Å². The molecule has 1 atom stereocenters. The van der Waals surface area contributed by atoms with Crippen LogP contribution in [0.3, 0.4) is 0 Å². The number of methoxy groups -OCH3 is 1. The monoisotopic (exact) mass is 312 g/mol. The first-order chi connectivity index (χ1) is 8.55. The van der Waals surface area contributed by atoms with Gasteiger partial charge in [-0.05, 0) is 42.0 Å². The first-order valence-corrected chi connectivity index (χ1v) is 7.35. The second-order valence-electron chi connectivity index (χ2n) is 5.54. The zero-order valence-corrected chi connectivity index (χ0v) is 12.7. The lowest BCUT2D eigenvalue weighted by molar-refractivity contribution is 0.0419. The normalized spacial score (nSPS) is 19.8. The van der Waals surface area contributed by atoms with E-state index in [-0.39, 0.29) is 11.5 Å². The fraction of sp³-hybridized carbons (Fsp3) is 0.600. The van der Waals surface area contributed by atoms with Crippen LogP contribution in [0.1, 0.15) is 38.2 Å². The molecule has 0 aromatic heterocycles. The predicted molar refractivity (Wildman–Crippen MR) is 77.0 cm³/mol. The number of hydrogen-bond acceptors (Lipinski definition) is 2. The van der Waals surface area contributed by atoms with Crippen LogP contribution in [0.25, 0.3) is 0 Å². The van der Waals surface area contributed by atoms with Crippen molar-refractivity contribution in [2.24, 2.45) is 5.41 Å². The Labute approximate surface area is 117 Å². The standard InChI is InChI=1S/C15H21BrO2/c1-15(7-3-4-8-15)14(17)10-11-9-12(16)5-6-13(11)18-2/h5-6,9,14,17H,3-4,7-8,10H2,1-2H3.